The van der Waals surface area contributed by atoms with Gasteiger partial charge in [0.15, 0.2) is 0 Å². The molecule has 0 saturated carbocycles. The minimum Gasteiger partial charge on any atom is -0.496 e. The normalized spacial score (nSPS) is 12.2. The molecule has 3 aromatic carbocycles. The first-order valence-electron chi connectivity index (χ1n) is 8.27. The predicted molar refractivity (Wildman–Crippen MR) is 98.5 cm³/mol. The van der Waals surface area contributed by atoms with Gasteiger partial charge >= 0.3 is 0 Å². The number of benzene rings is 3. The first-order chi connectivity index (χ1) is 11.8. The lowest BCUT2D eigenvalue weighted by Crippen LogP contribution is -2.27. The fourth-order valence-corrected chi connectivity index (χ4v) is 3.18. The highest BCUT2D eigenvalue weighted by molar-refractivity contribution is 5.88. The van der Waals surface area contributed by atoms with E-state index in [4.69, 9.17) is 4.74 Å². The van der Waals surface area contributed by atoms with E-state index in [1.165, 1.54) is 16.3 Å². The molecule has 0 aliphatic heterocycles. The molecule has 0 bridgehead atoms. The number of aliphatic hydroxyl groups excluding tert-OH is 1. The molecular formula is C21H23NO2. The van der Waals surface area contributed by atoms with E-state index in [1.54, 1.807) is 7.11 Å². The topological polar surface area (TPSA) is 41.5 Å². The Morgan fingerprint density at radius 2 is 1.71 bits per heavy atom. The molecule has 3 aromatic rings. The molecule has 0 aliphatic rings. The summed E-state index contributed by atoms with van der Waals surface area (Å²) in [7, 11) is 1.71. The van der Waals surface area contributed by atoms with Crippen LogP contribution < -0.4 is 10.1 Å². The summed E-state index contributed by atoms with van der Waals surface area (Å²) in [4.78, 5) is 0. The number of nitrogens with one attached hydrogen (secondary N) is 1. The lowest BCUT2D eigenvalue weighted by atomic mass is 9.93. The van der Waals surface area contributed by atoms with Gasteiger partial charge in [-0.1, -0.05) is 60.7 Å². The van der Waals surface area contributed by atoms with Gasteiger partial charge in [0.1, 0.15) is 5.75 Å². The fraction of sp³-hybridized carbons (Fsp3) is 0.238. The van der Waals surface area contributed by atoms with Crippen molar-refractivity contribution >= 4 is 10.8 Å². The second-order valence-electron chi connectivity index (χ2n) is 5.82. The highest BCUT2D eigenvalue weighted by atomic mass is 16.5. The average Bonchev–Trinajstić information content (AvgIpc) is 2.65. The summed E-state index contributed by atoms with van der Waals surface area (Å²) in [5, 5.41) is 15.1. The maximum absolute atomic E-state index is 9.27. The number of rotatable bonds is 7. The Bertz CT molecular complexity index is 786. The van der Waals surface area contributed by atoms with E-state index in [2.05, 4.69) is 53.8 Å². The SMILES string of the molecule is COc1ccc2ccccc2c1C(Cc1ccccc1)NCCO. The molecule has 0 saturated heterocycles. The van der Waals surface area contributed by atoms with E-state index >= 15 is 0 Å². The Morgan fingerprint density at radius 3 is 2.46 bits per heavy atom. The van der Waals surface area contributed by atoms with E-state index in [0.717, 1.165) is 17.7 Å². The van der Waals surface area contributed by atoms with Crippen LogP contribution in [0.3, 0.4) is 0 Å². The van der Waals surface area contributed by atoms with Crippen LogP contribution in [0.5, 0.6) is 5.75 Å². The van der Waals surface area contributed by atoms with Gasteiger partial charge in [0.2, 0.25) is 0 Å². The van der Waals surface area contributed by atoms with E-state index in [1.807, 2.05) is 18.2 Å². The minimum atomic E-state index is 0.0700. The molecule has 3 rings (SSSR count). The molecule has 124 valence electrons. The van der Waals surface area contributed by atoms with Crippen molar-refractivity contribution in [1.82, 2.24) is 5.32 Å². The van der Waals surface area contributed by atoms with Gasteiger partial charge < -0.3 is 15.2 Å². The first kappa shape index (κ1) is 16.5. The highest BCUT2D eigenvalue weighted by Crippen LogP contribution is 2.34. The number of aliphatic hydroxyl groups is 1. The summed E-state index contributed by atoms with van der Waals surface area (Å²) in [5.74, 6) is 0.875. The predicted octanol–water partition coefficient (Wildman–Crippen LogP) is 3.71. The Morgan fingerprint density at radius 1 is 0.958 bits per heavy atom. The Hall–Kier alpha value is -2.36. The smallest absolute Gasteiger partial charge is 0.124 e. The van der Waals surface area contributed by atoms with Gasteiger partial charge in [0.05, 0.1) is 13.7 Å². The van der Waals surface area contributed by atoms with E-state index in [-0.39, 0.29) is 12.6 Å². The summed E-state index contributed by atoms with van der Waals surface area (Å²) >= 11 is 0. The van der Waals surface area contributed by atoms with Crippen LogP contribution in [0, 0.1) is 0 Å². The molecular weight excluding hydrogens is 298 g/mol. The van der Waals surface area contributed by atoms with Crippen LogP contribution in [0.1, 0.15) is 17.2 Å². The average molecular weight is 321 g/mol. The van der Waals surface area contributed by atoms with Crippen LogP contribution in [0.25, 0.3) is 10.8 Å². The van der Waals surface area contributed by atoms with Crippen LogP contribution in [0.4, 0.5) is 0 Å². The zero-order valence-electron chi connectivity index (χ0n) is 13.9. The molecule has 0 heterocycles. The molecule has 0 aromatic heterocycles. The quantitative estimate of drug-likeness (QED) is 0.697. The molecule has 0 amide bonds. The second kappa shape index (κ2) is 7.95. The summed E-state index contributed by atoms with van der Waals surface area (Å²) in [6, 6.07) is 22.9. The van der Waals surface area contributed by atoms with Crippen LogP contribution in [-0.4, -0.2) is 25.4 Å². The van der Waals surface area contributed by atoms with Crippen molar-refractivity contribution < 1.29 is 9.84 Å². The fourth-order valence-electron chi connectivity index (χ4n) is 3.18. The minimum absolute atomic E-state index is 0.0700. The molecule has 2 N–H and O–H groups in total. The second-order valence-corrected chi connectivity index (χ2v) is 5.82. The van der Waals surface area contributed by atoms with E-state index in [0.29, 0.717) is 6.54 Å². The number of methoxy groups -OCH3 is 1. The molecule has 24 heavy (non-hydrogen) atoms. The van der Waals surface area contributed by atoms with Gasteiger partial charge in [-0.2, -0.15) is 0 Å². The van der Waals surface area contributed by atoms with Crippen LogP contribution >= 0.6 is 0 Å². The number of hydrogen-bond donors (Lipinski definition) is 2. The van der Waals surface area contributed by atoms with Crippen molar-refractivity contribution in [2.24, 2.45) is 0 Å². The largest absolute Gasteiger partial charge is 0.496 e. The highest BCUT2D eigenvalue weighted by Gasteiger charge is 2.19. The zero-order chi connectivity index (χ0) is 16.8. The van der Waals surface area contributed by atoms with Crippen LogP contribution in [0.2, 0.25) is 0 Å². The molecule has 1 atom stereocenters. The zero-order valence-corrected chi connectivity index (χ0v) is 13.9. The summed E-state index contributed by atoms with van der Waals surface area (Å²) < 4.78 is 5.65. The number of fused-ring (bicyclic) bond motifs is 1. The van der Waals surface area contributed by atoms with E-state index < -0.39 is 0 Å². The third-order valence-corrected chi connectivity index (χ3v) is 4.28. The van der Waals surface area contributed by atoms with Gasteiger partial charge in [0.25, 0.3) is 0 Å². The maximum atomic E-state index is 9.27. The van der Waals surface area contributed by atoms with Gasteiger partial charge in [-0.05, 0) is 28.8 Å². The third kappa shape index (κ3) is 3.58. The summed E-state index contributed by atoms with van der Waals surface area (Å²) in [5.41, 5.74) is 2.40. The van der Waals surface area contributed by atoms with Gasteiger partial charge in [-0.3, -0.25) is 0 Å². The van der Waals surface area contributed by atoms with Gasteiger partial charge in [-0.15, -0.1) is 0 Å². The maximum Gasteiger partial charge on any atom is 0.124 e. The molecule has 0 aliphatic carbocycles. The third-order valence-electron chi connectivity index (χ3n) is 4.28. The van der Waals surface area contributed by atoms with Crippen LogP contribution in [0.15, 0.2) is 66.7 Å². The molecule has 0 spiro atoms. The molecule has 3 nitrogen and oxygen atoms in total. The number of hydrogen-bond acceptors (Lipinski definition) is 3. The van der Waals surface area contributed by atoms with Crippen molar-refractivity contribution in [3.63, 3.8) is 0 Å². The van der Waals surface area contributed by atoms with Crippen molar-refractivity contribution in [3.05, 3.63) is 77.9 Å². The van der Waals surface area contributed by atoms with Crippen molar-refractivity contribution in [2.45, 2.75) is 12.5 Å². The van der Waals surface area contributed by atoms with Crippen molar-refractivity contribution in [2.75, 3.05) is 20.3 Å². The standard InChI is InChI=1S/C21H23NO2/c1-24-20-12-11-17-9-5-6-10-18(17)21(20)19(22-13-14-23)15-16-7-3-2-4-8-16/h2-12,19,22-23H,13-15H2,1H3. The molecule has 0 radical (unpaired) electrons. The van der Waals surface area contributed by atoms with Gasteiger partial charge in [-0.25, -0.2) is 0 Å². The number of ether oxygens (including phenoxy) is 1. The Kier molecular flexibility index (Phi) is 5.47. The monoisotopic (exact) mass is 321 g/mol. The first-order valence-corrected chi connectivity index (χ1v) is 8.27. The molecule has 0 fully saturated rings. The van der Waals surface area contributed by atoms with Gasteiger partial charge in [0, 0.05) is 18.2 Å². The Balaban J connectivity index is 2.07. The lowest BCUT2D eigenvalue weighted by Gasteiger charge is -2.23. The Labute approximate surface area is 142 Å². The summed E-state index contributed by atoms with van der Waals surface area (Å²) in [6.45, 7) is 0.655. The molecule has 3 heteroatoms. The van der Waals surface area contributed by atoms with Crippen LogP contribution in [-0.2, 0) is 6.42 Å². The van der Waals surface area contributed by atoms with E-state index in [9.17, 15) is 5.11 Å². The van der Waals surface area contributed by atoms with Crippen molar-refractivity contribution in [3.8, 4) is 5.75 Å². The lowest BCUT2D eigenvalue weighted by molar-refractivity contribution is 0.283. The van der Waals surface area contributed by atoms with Crippen molar-refractivity contribution in [1.29, 1.82) is 0 Å². The summed E-state index contributed by atoms with van der Waals surface area (Å²) in [6.07, 6.45) is 0.838. The molecule has 1 unspecified atom stereocenters.